The summed E-state index contributed by atoms with van der Waals surface area (Å²) in [5, 5.41) is 0. The smallest absolute Gasteiger partial charge is 0.242 e. The van der Waals surface area contributed by atoms with Gasteiger partial charge in [0, 0.05) is 24.2 Å². The molecule has 5 nitrogen and oxygen atoms in total. The van der Waals surface area contributed by atoms with Crippen LogP contribution in [0.15, 0.2) is 27.6 Å². The summed E-state index contributed by atoms with van der Waals surface area (Å²) in [4.78, 5) is 0.111. The van der Waals surface area contributed by atoms with Crippen LogP contribution in [0.4, 0.5) is 5.69 Å². The minimum Gasteiger partial charge on any atom is -0.398 e. The van der Waals surface area contributed by atoms with Crippen molar-refractivity contribution in [2.24, 2.45) is 5.92 Å². The molecule has 2 rings (SSSR count). The first-order chi connectivity index (χ1) is 9.49. The zero-order valence-corrected chi connectivity index (χ0v) is 13.5. The average Bonchev–Trinajstić information content (AvgIpc) is 3.17. The maximum Gasteiger partial charge on any atom is 0.242 e. The summed E-state index contributed by atoms with van der Waals surface area (Å²) in [6, 6.07) is 4.72. The Bertz CT molecular complexity index is 559. The fourth-order valence-electron chi connectivity index (χ4n) is 1.76. The number of hydrogen-bond acceptors (Lipinski definition) is 4. The third-order valence-corrected chi connectivity index (χ3v) is 5.10. The number of nitrogen functional groups attached to an aromatic ring is 1. The Labute approximate surface area is 128 Å². The van der Waals surface area contributed by atoms with E-state index in [0.717, 1.165) is 17.0 Å². The Balaban J connectivity index is 1.77. The zero-order chi connectivity index (χ0) is 14.6. The lowest BCUT2D eigenvalue weighted by molar-refractivity contribution is 0.123. The fourth-order valence-corrected chi connectivity index (χ4v) is 3.32. The molecule has 7 heteroatoms. The molecule has 0 saturated heterocycles. The second-order valence-electron chi connectivity index (χ2n) is 4.95. The van der Waals surface area contributed by atoms with Crippen molar-refractivity contribution >= 4 is 31.6 Å². The zero-order valence-electron chi connectivity index (χ0n) is 11.1. The normalized spacial score (nSPS) is 15.4. The van der Waals surface area contributed by atoms with Crippen LogP contribution in [0.5, 0.6) is 0 Å². The van der Waals surface area contributed by atoms with E-state index in [0.29, 0.717) is 19.6 Å². The summed E-state index contributed by atoms with van der Waals surface area (Å²) < 4.78 is 32.9. The second kappa shape index (κ2) is 6.89. The number of anilines is 1. The van der Waals surface area contributed by atoms with Crippen LogP contribution in [-0.4, -0.2) is 28.2 Å². The van der Waals surface area contributed by atoms with Crippen molar-refractivity contribution in [3.63, 3.8) is 0 Å². The molecule has 0 bridgehead atoms. The van der Waals surface area contributed by atoms with Crippen molar-refractivity contribution < 1.29 is 13.2 Å². The molecule has 0 amide bonds. The number of halogens is 1. The van der Waals surface area contributed by atoms with Gasteiger partial charge >= 0.3 is 0 Å². The third kappa shape index (κ3) is 4.73. The van der Waals surface area contributed by atoms with Gasteiger partial charge in [-0.15, -0.1) is 0 Å². The van der Waals surface area contributed by atoms with Crippen LogP contribution in [0.2, 0.25) is 0 Å². The van der Waals surface area contributed by atoms with Crippen molar-refractivity contribution in [1.82, 2.24) is 4.72 Å². The minimum absolute atomic E-state index is 0.111. The van der Waals surface area contributed by atoms with Crippen LogP contribution < -0.4 is 10.5 Å². The molecule has 0 unspecified atom stereocenters. The molecule has 20 heavy (non-hydrogen) atoms. The molecule has 112 valence electrons. The predicted molar refractivity (Wildman–Crippen MR) is 81.9 cm³/mol. The number of rotatable bonds is 8. The highest BCUT2D eigenvalue weighted by atomic mass is 79.9. The molecular weight excluding hydrogens is 344 g/mol. The molecule has 0 spiro atoms. The van der Waals surface area contributed by atoms with Crippen LogP contribution in [0.3, 0.4) is 0 Å². The highest BCUT2D eigenvalue weighted by molar-refractivity contribution is 9.10. The molecular formula is C13H19BrN2O3S. The third-order valence-electron chi connectivity index (χ3n) is 3.07. The first-order valence-electron chi connectivity index (χ1n) is 6.61. The Hall–Kier alpha value is -0.630. The Kier molecular flexibility index (Phi) is 5.42. The Morgan fingerprint density at radius 1 is 1.40 bits per heavy atom. The van der Waals surface area contributed by atoms with Gasteiger partial charge in [0.15, 0.2) is 0 Å². The predicted octanol–water partition coefficient (Wildman–Crippen LogP) is 2.13. The summed E-state index contributed by atoms with van der Waals surface area (Å²) >= 11 is 3.25. The molecule has 1 fully saturated rings. The van der Waals surface area contributed by atoms with E-state index in [2.05, 4.69) is 20.7 Å². The monoisotopic (exact) mass is 362 g/mol. The van der Waals surface area contributed by atoms with E-state index in [-0.39, 0.29) is 10.6 Å². The fraction of sp³-hybridized carbons (Fsp3) is 0.538. The van der Waals surface area contributed by atoms with Crippen LogP contribution >= 0.6 is 15.9 Å². The minimum atomic E-state index is -3.55. The molecule has 0 heterocycles. The summed E-state index contributed by atoms with van der Waals surface area (Å²) in [5.74, 6) is 0.731. The molecule has 3 N–H and O–H groups in total. The van der Waals surface area contributed by atoms with Crippen LogP contribution in [0.1, 0.15) is 19.3 Å². The van der Waals surface area contributed by atoms with Crippen molar-refractivity contribution in [3.05, 3.63) is 22.7 Å². The van der Waals surface area contributed by atoms with E-state index >= 15 is 0 Å². The van der Waals surface area contributed by atoms with Gasteiger partial charge in [-0.25, -0.2) is 13.1 Å². The second-order valence-corrected chi connectivity index (χ2v) is 7.60. The van der Waals surface area contributed by atoms with Gasteiger partial charge in [0.05, 0.1) is 5.69 Å². The van der Waals surface area contributed by atoms with Crippen LogP contribution in [0.25, 0.3) is 0 Å². The van der Waals surface area contributed by atoms with E-state index < -0.39 is 10.0 Å². The molecule has 0 atom stereocenters. The van der Waals surface area contributed by atoms with E-state index in [1.54, 1.807) is 12.1 Å². The van der Waals surface area contributed by atoms with Gasteiger partial charge in [0.1, 0.15) is 4.90 Å². The molecule has 0 radical (unpaired) electrons. The number of nitrogens with one attached hydrogen (secondary N) is 1. The van der Waals surface area contributed by atoms with E-state index in [1.165, 1.54) is 18.9 Å². The molecule has 1 saturated carbocycles. The lowest BCUT2D eigenvalue weighted by Gasteiger charge is -2.09. The maximum atomic E-state index is 12.1. The van der Waals surface area contributed by atoms with Crippen molar-refractivity contribution in [3.8, 4) is 0 Å². The van der Waals surface area contributed by atoms with E-state index in [9.17, 15) is 8.42 Å². The Morgan fingerprint density at radius 3 is 2.80 bits per heavy atom. The molecule has 1 aromatic carbocycles. The summed E-state index contributed by atoms with van der Waals surface area (Å²) in [6.45, 7) is 1.73. The van der Waals surface area contributed by atoms with Gasteiger partial charge in [0.2, 0.25) is 10.0 Å². The average molecular weight is 363 g/mol. The number of sulfonamides is 1. The van der Waals surface area contributed by atoms with E-state index in [4.69, 9.17) is 10.5 Å². The number of ether oxygens (including phenoxy) is 1. The topological polar surface area (TPSA) is 81.4 Å². The van der Waals surface area contributed by atoms with Gasteiger partial charge in [0.25, 0.3) is 0 Å². The molecule has 1 aromatic rings. The van der Waals surface area contributed by atoms with Gasteiger partial charge in [-0.3, -0.25) is 0 Å². The SMILES string of the molecule is Nc1cc(Br)ccc1S(=O)(=O)NCCCOCC1CC1. The summed E-state index contributed by atoms with van der Waals surface area (Å²) in [7, 11) is -3.55. The largest absolute Gasteiger partial charge is 0.398 e. The highest BCUT2D eigenvalue weighted by Gasteiger charge is 2.21. The summed E-state index contributed by atoms with van der Waals surface area (Å²) in [6.07, 6.45) is 3.17. The summed E-state index contributed by atoms with van der Waals surface area (Å²) in [5.41, 5.74) is 5.96. The van der Waals surface area contributed by atoms with Crippen LogP contribution in [-0.2, 0) is 14.8 Å². The van der Waals surface area contributed by atoms with Gasteiger partial charge < -0.3 is 10.5 Å². The lowest BCUT2D eigenvalue weighted by Crippen LogP contribution is -2.26. The standard InChI is InChI=1S/C13H19BrN2O3S/c14-11-4-5-13(12(15)8-11)20(17,18)16-6-1-7-19-9-10-2-3-10/h4-5,8,10,16H,1-3,6-7,9,15H2. The lowest BCUT2D eigenvalue weighted by atomic mass is 10.3. The van der Waals surface area contributed by atoms with E-state index in [1.807, 2.05) is 0 Å². The number of nitrogens with two attached hydrogens (primary N) is 1. The molecule has 0 aromatic heterocycles. The first kappa shape index (κ1) is 15.8. The van der Waals surface area contributed by atoms with Crippen molar-refractivity contribution in [2.45, 2.75) is 24.2 Å². The highest BCUT2D eigenvalue weighted by Crippen LogP contribution is 2.28. The first-order valence-corrected chi connectivity index (χ1v) is 8.89. The van der Waals surface area contributed by atoms with Crippen molar-refractivity contribution in [2.75, 3.05) is 25.5 Å². The molecule has 0 aliphatic heterocycles. The van der Waals surface area contributed by atoms with Gasteiger partial charge in [-0.1, -0.05) is 15.9 Å². The van der Waals surface area contributed by atoms with Gasteiger partial charge in [-0.2, -0.15) is 0 Å². The van der Waals surface area contributed by atoms with Crippen LogP contribution in [0, 0.1) is 5.92 Å². The quantitative estimate of drug-likeness (QED) is 0.548. The number of hydrogen-bond donors (Lipinski definition) is 2. The number of benzene rings is 1. The Morgan fingerprint density at radius 2 is 2.15 bits per heavy atom. The maximum absolute atomic E-state index is 12.1. The van der Waals surface area contributed by atoms with Crippen molar-refractivity contribution in [1.29, 1.82) is 0 Å². The molecule has 1 aliphatic rings. The van der Waals surface area contributed by atoms with Gasteiger partial charge in [-0.05, 0) is 43.4 Å². The molecule has 1 aliphatic carbocycles.